The van der Waals surface area contributed by atoms with Gasteiger partial charge in [-0.1, -0.05) is 24.3 Å². The maximum Gasteiger partial charge on any atom is 0.125 e. The van der Waals surface area contributed by atoms with Crippen LogP contribution in [-0.4, -0.2) is 23.4 Å². The monoisotopic (exact) mass is 706 g/mol. The van der Waals surface area contributed by atoms with Gasteiger partial charge in [-0.3, -0.25) is 0 Å². The van der Waals surface area contributed by atoms with E-state index < -0.39 is 11.6 Å². The molecule has 54 heavy (non-hydrogen) atoms. The van der Waals surface area contributed by atoms with Crippen LogP contribution in [0.1, 0.15) is 11.1 Å². The number of nitrogens with zero attached hydrogens (tertiary/aromatic N) is 4. The van der Waals surface area contributed by atoms with Gasteiger partial charge in [0.1, 0.15) is 23.1 Å². The highest BCUT2D eigenvalue weighted by molar-refractivity contribution is 6.12. The van der Waals surface area contributed by atoms with Crippen LogP contribution in [0.4, 0.5) is 8.78 Å². The molecule has 7 aromatic carbocycles. The van der Waals surface area contributed by atoms with E-state index in [0.717, 1.165) is 60.5 Å². The van der Waals surface area contributed by atoms with E-state index in [0.29, 0.717) is 39.3 Å². The summed E-state index contributed by atoms with van der Waals surface area (Å²) < 4.78 is 45.8. The molecule has 0 spiro atoms. The van der Waals surface area contributed by atoms with Crippen molar-refractivity contribution in [2.45, 2.75) is 0 Å². The predicted octanol–water partition coefficient (Wildman–Crippen LogP) is 11.3. The summed E-state index contributed by atoms with van der Waals surface area (Å²) in [4.78, 5) is 0. The smallest absolute Gasteiger partial charge is 0.125 e. The molecule has 6 nitrogen and oxygen atoms in total. The lowest BCUT2D eigenvalue weighted by molar-refractivity contribution is 0.415. The van der Waals surface area contributed by atoms with Gasteiger partial charge in [-0.25, -0.2) is 8.78 Å². The molecule has 0 saturated carbocycles. The summed E-state index contributed by atoms with van der Waals surface area (Å²) >= 11 is 0. The summed E-state index contributed by atoms with van der Waals surface area (Å²) in [6.45, 7) is 0. The number of ether oxygens (including phenoxy) is 2. The fourth-order valence-electron chi connectivity index (χ4n) is 7.57. The van der Waals surface area contributed by atoms with Gasteiger partial charge in [0.25, 0.3) is 0 Å². The standard InChI is InChI=1S/C46H28F2N4O2/c1-53-33-13-17-37-38-18-14-34(54-2)22-44(38)52(43(37)21-33)46-24-39(29-7-3-27(25-49)4-8-29)45(23-40(46)30-9-5-28(26-50)6-10-30)51-41-19-31(47)11-15-35(41)36-16-12-32(48)20-42(36)51/h3-24H,1-2H3. The van der Waals surface area contributed by atoms with Crippen molar-refractivity contribution in [3.05, 3.63) is 156 Å². The molecule has 2 heterocycles. The van der Waals surface area contributed by atoms with Crippen molar-refractivity contribution in [3.63, 3.8) is 0 Å². The van der Waals surface area contributed by atoms with Crippen molar-refractivity contribution in [1.29, 1.82) is 10.5 Å². The molecule has 0 bridgehead atoms. The third kappa shape index (κ3) is 5.12. The minimum Gasteiger partial charge on any atom is -0.497 e. The Morgan fingerprint density at radius 1 is 0.444 bits per heavy atom. The summed E-state index contributed by atoms with van der Waals surface area (Å²) in [6.07, 6.45) is 0. The van der Waals surface area contributed by atoms with Gasteiger partial charge in [0, 0.05) is 44.8 Å². The van der Waals surface area contributed by atoms with E-state index >= 15 is 8.78 Å². The van der Waals surface area contributed by atoms with E-state index in [-0.39, 0.29) is 0 Å². The Hall–Kier alpha value is -7.42. The Labute approximate surface area is 308 Å². The first kappa shape index (κ1) is 32.5. The predicted molar refractivity (Wildman–Crippen MR) is 208 cm³/mol. The van der Waals surface area contributed by atoms with Crippen LogP contribution in [0.2, 0.25) is 0 Å². The zero-order valence-corrected chi connectivity index (χ0v) is 29.1. The number of benzene rings is 7. The molecular formula is C46H28F2N4O2. The maximum atomic E-state index is 15.2. The van der Waals surface area contributed by atoms with Gasteiger partial charge in [-0.05, 0) is 108 Å². The lowest BCUT2D eigenvalue weighted by atomic mass is 9.94. The first-order chi connectivity index (χ1) is 26.4. The van der Waals surface area contributed by atoms with E-state index in [1.165, 1.54) is 24.3 Å². The van der Waals surface area contributed by atoms with Crippen molar-refractivity contribution in [2.24, 2.45) is 0 Å². The molecule has 0 aliphatic rings. The molecule has 9 rings (SSSR count). The van der Waals surface area contributed by atoms with Crippen LogP contribution < -0.4 is 9.47 Å². The Balaban J connectivity index is 1.49. The molecule has 2 aromatic heterocycles. The lowest BCUT2D eigenvalue weighted by Gasteiger charge is -2.21. The van der Waals surface area contributed by atoms with Crippen molar-refractivity contribution in [2.75, 3.05) is 14.2 Å². The first-order valence-electron chi connectivity index (χ1n) is 17.1. The quantitative estimate of drug-likeness (QED) is 0.172. The van der Waals surface area contributed by atoms with Crippen LogP contribution in [0.25, 0.3) is 77.2 Å². The van der Waals surface area contributed by atoms with Gasteiger partial charge in [-0.2, -0.15) is 10.5 Å². The number of nitriles is 2. The van der Waals surface area contributed by atoms with Gasteiger partial charge in [0.15, 0.2) is 0 Å². The van der Waals surface area contributed by atoms with Crippen LogP contribution in [-0.2, 0) is 0 Å². The molecule has 0 aliphatic heterocycles. The van der Waals surface area contributed by atoms with Gasteiger partial charge >= 0.3 is 0 Å². The minimum atomic E-state index is -0.427. The van der Waals surface area contributed by atoms with Crippen LogP contribution >= 0.6 is 0 Å². The van der Waals surface area contributed by atoms with Crippen molar-refractivity contribution in [1.82, 2.24) is 9.13 Å². The van der Waals surface area contributed by atoms with Crippen LogP contribution in [0.5, 0.6) is 11.5 Å². The second-order valence-electron chi connectivity index (χ2n) is 13.0. The third-order valence-electron chi connectivity index (χ3n) is 10.1. The Morgan fingerprint density at radius 3 is 1.15 bits per heavy atom. The van der Waals surface area contributed by atoms with E-state index in [9.17, 15) is 10.5 Å². The molecule has 0 fully saturated rings. The van der Waals surface area contributed by atoms with Crippen molar-refractivity contribution >= 4 is 43.6 Å². The molecule has 0 aliphatic carbocycles. The molecule has 0 saturated heterocycles. The molecule has 0 radical (unpaired) electrons. The fourth-order valence-corrected chi connectivity index (χ4v) is 7.57. The zero-order valence-electron chi connectivity index (χ0n) is 29.1. The first-order valence-corrected chi connectivity index (χ1v) is 17.1. The van der Waals surface area contributed by atoms with E-state index in [4.69, 9.17) is 9.47 Å². The molecule has 0 amide bonds. The molecule has 9 aromatic rings. The fraction of sp³-hybridized carbons (Fsp3) is 0.0435. The zero-order chi connectivity index (χ0) is 37.1. The number of hydrogen-bond acceptors (Lipinski definition) is 4. The van der Waals surface area contributed by atoms with Crippen LogP contribution in [0, 0.1) is 34.3 Å². The highest BCUT2D eigenvalue weighted by Crippen LogP contribution is 2.44. The largest absolute Gasteiger partial charge is 0.497 e. The average Bonchev–Trinajstić information content (AvgIpc) is 3.70. The molecule has 0 unspecified atom stereocenters. The summed E-state index contributed by atoms with van der Waals surface area (Å²) in [5, 5.41) is 22.9. The molecule has 258 valence electrons. The topological polar surface area (TPSA) is 75.9 Å². The highest BCUT2D eigenvalue weighted by Gasteiger charge is 2.23. The lowest BCUT2D eigenvalue weighted by Crippen LogP contribution is -2.04. The summed E-state index contributed by atoms with van der Waals surface area (Å²) in [5.74, 6) is 0.501. The maximum absolute atomic E-state index is 15.2. The third-order valence-corrected chi connectivity index (χ3v) is 10.1. The Bertz CT molecular complexity index is 2940. The van der Waals surface area contributed by atoms with Crippen LogP contribution in [0.3, 0.4) is 0 Å². The summed E-state index contributed by atoms with van der Waals surface area (Å²) in [7, 11) is 3.27. The number of aromatic nitrogens is 2. The molecule has 8 heteroatoms. The molecular weight excluding hydrogens is 679 g/mol. The highest BCUT2D eigenvalue weighted by atomic mass is 19.1. The second-order valence-corrected chi connectivity index (χ2v) is 13.0. The number of fused-ring (bicyclic) bond motifs is 6. The normalized spacial score (nSPS) is 11.3. The average molecular weight is 707 g/mol. The SMILES string of the molecule is COc1ccc2c3ccc(OC)cc3n(-c3cc(-c4ccc(C#N)cc4)c(-n4c5cc(F)ccc5c5ccc(F)cc54)cc3-c3ccc(C#N)cc3)c2c1. The number of methoxy groups -OCH3 is 2. The van der Waals surface area contributed by atoms with Gasteiger partial charge in [-0.15, -0.1) is 0 Å². The van der Waals surface area contributed by atoms with Gasteiger partial charge < -0.3 is 18.6 Å². The summed E-state index contributed by atoms with van der Waals surface area (Å²) in [6, 6.07) is 44.3. The van der Waals surface area contributed by atoms with Crippen LogP contribution in [0.15, 0.2) is 133 Å². The van der Waals surface area contributed by atoms with E-state index in [1.54, 1.807) is 50.6 Å². The van der Waals surface area contributed by atoms with Gasteiger partial charge in [0.2, 0.25) is 0 Å². The minimum absolute atomic E-state index is 0.427. The second kappa shape index (κ2) is 12.7. The van der Waals surface area contributed by atoms with Crippen molar-refractivity contribution < 1.29 is 18.3 Å². The Kier molecular flexibility index (Phi) is 7.62. The van der Waals surface area contributed by atoms with Crippen molar-refractivity contribution in [3.8, 4) is 57.3 Å². The Morgan fingerprint density at radius 2 is 0.796 bits per heavy atom. The number of rotatable bonds is 6. The summed E-state index contributed by atoms with van der Waals surface area (Å²) in [5.41, 5.74) is 8.50. The number of halogens is 2. The van der Waals surface area contributed by atoms with Gasteiger partial charge in [0.05, 0.1) is 70.9 Å². The molecule has 0 atom stereocenters. The van der Waals surface area contributed by atoms with E-state index in [2.05, 4.69) is 22.8 Å². The molecule has 0 N–H and O–H groups in total. The van der Waals surface area contributed by atoms with E-state index in [1.807, 2.05) is 71.3 Å². The number of hydrogen-bond donors (Lipinski definition) is 0.